The Bertz CT molecular complexity index is 1530. The van der Waals surface area contributed by atoms with Crippen LogP contribution >= 0.6 is 23.4 Å². The van der Waals surface area contributed by atoms with Crippen LogP contribution in [0.15, 0.2) is 94.7 Å². The van der Waals surface area contributed by atoms with E-state index in [4.69, 9.17) is 16.3 Å². The van der Waals surface area contributed by atoms with Crippen molar-refractivity contribution in [2.24, 2.45) is 0 Å². The first-order chi connectivity index (χ1) is 19.3. The molecule has 0 bridgehead atoms. The first-order valence-corrected chi connectivity index (χ1v) is 14.1. The first-order valence-electron chi connectivity index (χ1n) is 12.7. The van der Waals surface area contributed by atoms with Crippen LogP contribution in [0.5, 0.6) is 5.75 Å². The maximum Gasteiger partial charge on any atom is 0.254 e. The van der Waals surface area contributed by atoms with Crippen LogP contribution in [0.2, 0.25) is 5.02 Å². The van der Waals surface area contributed by atoms with E-state index >= 15 is 0 Å². The summed E-state index contributed by atoms with van der Waals surface area (Å²) in [7, 11) is 0. The fourth-order valence-electron chi connectivity index (χ4n) is 4.43. The normalized spacial score (nSPS) is 14.7. The second-order valence-corrected chi connectivity index (χ2v) is 10.4. The molecule has 1 aliphatic rings. The second kappa shape index (κ2) is 13.2. The van der Waals surface area contributed by atoms with Crippen molar-refractivity contribution in [3.8, 4) is 11.8 Å². The molecular formula is C31H29ClN4O3S. The van der Waals surface area contributed by atoms with Gasteiger partial charge in [0.15, 0.2) is 0 Å². The van der Waals surface area contributed by atoms with Gasteiger partial charge in [-0.25, -0.2) is 0 Å². The molecule has 0 aromatic heterocycles. The lowest BCUT2D eigenvalue weighted by molar-refractivity contribution is -0.114. The van der Waals surface area contributed by atoms with Gasteiger partial charge in [0.1, 0.15) is 5.75 Å². The summed E-state index contributed by atoms with van der Waals surface area (Å²) in [5.74, 6) is -0.668. The summed E-state index contributed by atoms with van der Waals surface area (Å²) in [5, 5.41) is 20.5. The van der Waals surface area contributed by atoms with Crippen LogP contribution in [0.1, 0.15) is 30.9 Å². The van der Waals surface area contributed by atoms with E-state index in [0.717, 1.165) is 5.56 Å². The molecule has 40 heavy (non-hydrogen) atoms. The summed E-state index contributed by atoms with van der Waals surface area (Å²) in [6, 6.07) is 24.2. The summed E-state index contributed by atoms with van der Waals surface area (Å²) >= 11 is 7.39. The molecule has 4 rings (SSSR count). The second-order valence-electron chi connectivity index (χ2n) is 8.99. The topological polar surface area (TPSA) is 103 Å². The molecule has 0 radical (unpaired) electrons. The van der Waals surface area contributed by atoms with E-state index in [9.17, 15) is 14.9 Å². The van der Waals surface area contributed by atoms with E-state index in [1.807, 2.05) is 56.3 Å². The van der Waals surface area contributed by atoms with Crippen molar-refractivity contribution in [1.82, 2.24) is 5.32 Å². The Kier molecular flexibility index (Phi) is 9.54. The van der Waals surface area contributed by atoms with Crippen LogP contribution in [0.25, 0.3) is 0 Å². The van der Waals surface area contributed by atoms with Crippen molar-refractivity contribution in [2.45, 2.75) is 26.7 Å². The standard InChI is InChI=1S/C31H29ClN4O3S/c1-4-39-26-16-9-8-13-22(26)29-23(17-33)31(40-18-27(37)36-25-15-10-14-24(32)19(25)2)34-20(3)28(29)30(38)35-21-11-6-5-7-12-21/h5-16,29,34H,4,18H2,1-3H3,(H,35,38)(H,36,37)/t29-/m0/s1. The van der Waals surface area contributed by atoms with Crippen LogP contribution in [-0.4, -0.2) is 24.2 Å². The molecule has 1 aliphatic heterocycles. The number of amides is 2. The van der Waals surface area contributed by atoms with Crippen LogP contribution in [-0.2, 0) is 9.59 Å². The zero-order valence-electron chi connectivity index (χ0n) is 22.4. The number of carbonyl (C=O) groups is 2. The molecule has 1 atom stereocenters. The zero-order valence-corrected chi connectivity index (χ0v) is 24.0. The van der Waals surface area contributed by atoms with Gasteiger partial charge in [-0.15, -0.1) is 0 Å². The third-order valence-electron chi connectivity index (χ3n) is 6.34. The minimum atomic E-state index is -0.710. The number of benzene rings is 3. The number of nitrogens with one attached hydrogen (secondary N) is 3. The van der Waals surface area contributed by atoms with E-state index in [0.29, 0.717) is 56.2 Å². The number of para-hydroxylation sites is 2. The molecule has 3 N–H and O–H groups in total. The number of nitrogens with zero attached hydrogens (tertiary/aromatic N) is 1. The third kappa shape index (κ3) is 6.50. The molecule has 0 aliphatic carbocycles. The monoisotopic (exact) mass is 572 g/mol. The van der Waals surface area contributed by atoms with Gasteiger partial charge in [0.25, 0.3) is 5.91 Å². The lowest BCUT2D eigenvalue weighted by Crippen LogP contribution is -2.31. The number of rotatable bonds is 9. The van der Waals surface area contributed by atoms with Crippen LogP contribution in [0, 0.1) is 18.3 Å². The number of ether oxygens (including phenoxy) is 1. The minimum Gasteiger partial charge on any atom is -0.494 e. The van der Waals surface area contributed by atoms with Gasteiger partial charge in [0, 0.05) is 33.2 Å². The van der Waals surface area contributed by atoms with Crippen molar-refractivity contribution in [2.75, 3.05) is 23.0 Å². The van der Waals surface area contributed by atoms with E-state index in [-0.39, 0.29) is 17.6 Å². The van der Waals surface area contributed by atoms with Crippen LogP contribution < -0.4 is 20.7 Å². The molecule has 7 nitrogen and oxygen atoms in total. The molecular weight excluding hydrogens is 544 g/mol. The highest BCUT2D eigenvalue weighted by Crippen LogP contribution is 2.44. The average Bonchev–Trinajstić information content (AvgIpc) is 2.95. The van der Waals surface area contributed by atoms with E-state index < -0.39 is 5.92 Å². The van der Waals surface area contributed by atoms with Gasteiger partial charge in [-0.3, -0.25) is 9.59 Å². The van der Waals surface area contributed by atoms with Crippen molar-refractivity contribution >= 4 is 46.6 Å². The van der Waals surface area contributed by atoms with Crippen molar-refractivity contribution in [1.29, 1.82) is 5.26 Å². The third-order valence-corrected chi connectivity index (χ3v) is 7.77. The van der Waals surface area contributed by atoms with E-state index in [2.05, 4.69) is 22.0 Å². The molecule has 0 saturated carbocycles. The number of hydrogen-bond donors (Lipinski definition) is 3. The highest BCUT2D eigenvalue weighted by molar-refractivity contribution is 8.03. The molecule has 1 heterocycles. The van der Waals surface area contributed by atoms with Crippen molar-refractivity contribution < 1.29 is 14.3 Å². The predicted octanol–water partition coefficient (Wildman–Crippen LogP) is 6.75. The Morgan fingerprint density at radius 3 is 2.48 bits per heavy atom. The number of hydrogen-bond acceptors (Lipinski definition) is 6. The predicted molar refractivity (Wildman–Crippen MR) is 161 cm³/mol. The molecule has 3 aromatic rings. The van der Waals surface area contributed by atoms with Gasteiger partial charge in [-0.2, -0.15) is 5.26 Å². The number of carbonyl (C=O) groups excluding carboxylic acids is 2. The van der Waals surface area contributed by atoms with Crippen molar-refractivity contribution in [3.05, 3.63) is 111 Å². The Hall–Kier alpha value is -4.19. The molecule has 3 aromatic carbocycles. The quantitative estimate of drug-likeness (QED) is 0.262. The Morgan fingerprint density at radius 1 is 1.02 bits per heavy atom. The molecule has 0 unspecified atom stereocenters. The minimum absolute atomic E-state index is 0.0398. The number of allylic oxidation sites excluding steroid dienone is 2. The largest absolute Gasteiger partial charge is 0.494 e. The highest BCUT2D eigenvalue weighted by atomic mass is 35.5. The number of thioether (sulfide) groups is 1. The lowest BCUT2D eigenvalue weighted by atomic mass is 9.81. The molecule has 2 amide bonds. The summed E-state index contributed by atoms with van der Waals surface area (Å²) < 4.78 is 5.90. The molecule has 0 spiro atoms. The molecule has 0 saturated heterocycles. The van der Waals surface area contributed by atoms with Crippen LogP contribution in [0.4, 0.5) is 11.4 Å². The van der Waals surface area contributed by atoms with Gasteiger partial charge in [0.05, 0.1) is 34.9 Å². The number of nitriles is 1. The number of dihydropyridines is 1. The summed E-state index contributed by atoms with van der Waals surface area (Å²) in [5.41, 5.74) is 4.04. The lowest BCUT2D eigenvalue weighted by Gasteiger charge is -2.30. The van der Waals surface area contributed by atoms with Gasteiger partial charge in [0.2, 0.25) is 5.91 Å². The number of anilines is 2. The zero-order chi connectivity index (χ0) is 28.6. The van der Waals surface area contributed by atoms with Gasteiger partial charge < -0.3 is 20.7 Å². The van der Waals surface area contributed by atoms with Crippen LogP contribution in [0.3, 0.4) is 0 Å². The van der Waals surface area contributed by atoms with E-state index in [1.54, 1.807) is 37.3 Å². The highest BCUT2D eigenvalue weighted by Gasteiger charge is 2.36. The smallest absolute Gasteiger partial charge is 0.254 e. The maximum atomic E-state index is 13.7. The van der Waals surface area contributed by atoms with Gasteiger partial charge in [-0.1, -0.05) is 65.8 Å². The molecule has 9 heteroatoms. The van der Waals surface area contributed by atoms with Gasteiger partial charge >= 0.3 is 0 Å². The Labute approximate surface area is 243 Å². The fourth-order valence-corrected chi connectivity index (χ4v) is 5.50. The molecule has 204 valence electrons. The summed E-state index contributed by atoms with van der Waals surface area (Å²) in [6.45, 7) is 5.93. The SMILES string of the molecule is CCOc1ccccc1[C@H]1C(C#N)=C(SCC(=O)Nc2cccc(Cl)c2C)NC(C)=C1C(=O)Nc1ccccc1. The number of halogens is 1. The van der Waals surface area contributed by atoms with Crippen molar-refractivity contribution in [3.63, 3.8) is 0 Å². The first kappa shape index (κ1) is 28.8. The summed E-state index contributed by atoms with van der Waals surface area (Å²) in [4.78, 5) is 26.5. The Balaban J connectivity index is 1.68. The van der Waals surface area contributed by atoms with E-state index in [1.165, 1.54) is 11.8 Å². The summed E-state index contributed by atoms with van der Waals surface area (Å²) in [6.07, 6.45) is 0. The fraction of sp³-hybridized carbons (Fsp3) is 0.194. The molecule has 0 fully saturated rings. The Morgan fingerprint density at radius 2 is 1.75 bits per heavy atom. The van der Waals surface area contributed by atoms with Gasteiger partial charge in [-0.05, 0) is 56.7 Å². The maximum absolute atomic E-state index is 13.7. The average molecular weight is 573 g/mol.